The lowest BCUT2D eigenvalue weighted by Gasteiger charge is -2.15. The first-order valence-electron chi connectivity index (χ1n) is 7.83. The Kier molecular flexibility index (Phi) is 5.43. The number of carbonyl (C=O) groups is 1. The van der Waals surface area contributed by atoms with Crippen LogP contribution in [0.1, 0.15) is 5.56 Å². The first-order valence-corrected chi connectivity index (χ1v) is 8.71. The minimum atomic E-state index is -0.192. The number of carbonyl (C=O) groups excluding carboxylic acids is 1. The van der Waals surface area contributed by atoms with E-state index in [4.69, 9.17) is 14.2 Å². The molecular weight excluding hydrogens is 354 g/mol. The highest BCUT2D eigenvalue weighted by Crippen LogP contribution is 2.40. The van der Waals surface area contributed by atoms with Gasteiger partial charge in [0.2, 0.25) is 11.7 Å². The van der Waals surface area contributed by atoms with Gasteiger partial charge in [-0.1, -0.05) is 6.07 Å². The highest BCUT2D eigenvalue weighted by Gasteiger charge is 2.18. The van der Waals surface area contributed by atoms with Gasteiger partial charge in [-0.25, -0.2) is 4.98 Å². The van der Waals surface area contributed by atoms with Crippen molar-refractivity contribution in [2.75, 3.05) is 26.6 Å². The molecule has 0 fully saturated rings. The normalized spacial score (nSPS) is 10.4. The van der Waals surface area contributed by atoms with Crippen molar-refractivity contribution < 1.29 is 19.0 Å². The van der Waals surface area contributed by atoms with Crippen molar-refractivity contribution in [1.82, 2.24) is 9.97 Å². The molecule has 0 unspecified atom stereocenters. The second-order valence-corrected chi connectivity index (χ2v) is 6.20. The predicted molar refractivity (Wildman–Crippen MR) is 100 cm³/mol. The van der Waals surface area contributed by atoms with Crippen LogP contribution in [-0.4, -0.2) is 37.2 Å². The summed E-state index contributed by atoms with van der Waals surface area (Å²) >= 11 is 1.37. The molecule has 8 heteroatoms. The van der Waals surface area contributed by atoms with E-state index in [1.54, 1.807) is 19.2 Å². The number of H-pyrrole nitrogens is 1. The maximum absolute atomic E-state index is 12.4. The zero-order valence-corrected chi connectivity index (χ0v) is 15.5. The Labute approximate surface area is 154 Å². The van der Waals surface area contributed by atoms with Gasteiger partial charge in [0, 0.05) is 17.1 Å². The van der Waals surface area contributed by atoms with Gasteiger partial charge in [-0.2, -0.15) is 0 Å². The number of hydrogen-bond acceptors (Lipinski definition) is 6. The van der Waals surface area contributed by atoms with E-state index in [1.165, 1.54) is 25.6 Å². The van der Waals surface area contributed by atoms with Crippen LogP contribution in [0.4, 0.5) is 5.13 Å². The molecule has 0 saturated carbocycles. The SMILES string of the molecule is COc1ccc(CC(=O)Nc2nc(-c3ccc[nH]3)cs2)c(OC)c1OC. The smallest absolute Gasteiger partial charge is 0.230 e. The Hall–Kier alpha value is -3.00. The Morgan fingerprint density at radius 1 is 1.15 bits per heavy atom. The molecule has 3 aromatic rings. The number of rotatable bonds is 7. The van der Waals surface area contributed by atoms with Crippen molar-refractivity contribution in [1.29, 1.82) is 0 Å². The van der Waals surface area contributed by atoms with Crippen LogP contribution in [0, 0.1) is 0 Å². The van der Waals surface area contributed by atoms with E-state index in [1.807, 2.05) is 23.7 Å². The van der Waals surface area contributed by atoms with E-state index in [0.29, 0.717) is 27.9 Å². The fourth-order valence-electron chi connectivity index (χ4n) is 2.58. The van der Waals surface area contributed by atoms with Crippen LogP contribution in [0.15, 0.2) is 35.8 Å². The van der Waals surface area contributed by atoms with Crippen LogP contribution < -0.4 is 19.5 Å². The number of amides is 1. The molecule has 2 heterocycles. The molecule has 0 spiro atoms. The van der Waals surface area contributed by atoms with Gasteiger partial charge in [0.05, 0.1) is 39.1 Å². The van der Waals surface area contributed by atoms with Crippen LogP contribution in [0.3, 0.4) is 0 Å². The average Bonchev–Trinajstić information content (AvgIpc) is 3.32. The largest absolute Gasteiger partial charge is 0.493 e. The summed E-state index contributed by atoms with van der Waals surface area (Å²) in [5, 5.41) is 5.25. The monoisotopic (exact) mass is 373 g/mol. The fourth-order valence-corrected chi connectivity index (χ4v) is 3.31. The Balaban J connectivity index is 1.74. The number of benzene rings is 1. The van der Waals surface area contributed by atoms with Crippen LogP contribution in [-0.2, 0) is 11.2 Å². The molecule has 0 aliphatic rings. The highest BCUT2D eigenvalue weighted by atomic mass is 32.1. The molecule has 26 heavy (non-hydrogen) atoms. The topological polar surface area (TPSA) is 85.5 Å². The van der Waals surface area contributed by atoms with E-state index >= 15 is 0 Å². The molecule has 2 N–H and O–H groups in total. The minimum Gasteiger partial charge on any atom is -0.493 e. The summed E-state index contributed by atoms with van der Waals surface area (Å²) in [5.41, 5.74) is 2.39. The van der Waals surface area contributed by atoms with Gasteiger partial charge in [0.1, 0.15) is 0 Å². The molecular formula is C18H19N3O4S. The van der Waals surface area contributed by atoms with E-state index in [2.05, 4.69) is 15.3 Å². The second kappa shape index (κ2) is 7.92. The molecule has 136 valence electrons. The summed E-state index contributed by atoms with van der Waals surface area (Å²) in [6.07, 6.45) is 1.96. The molecule has 0 radical (unpaired) electrons. The summed E-state index contributed by atoms with van der Waals surface area (Å²) < 4.78 is 16.0. The second-order valence-electron chi connectivity index (χ2n) is 5.34. The molecule has 7 nitrogen and oxygen atoms in total. The maximum atomic E-state index is 12.4. The standard InChI is InChI=1S/C18H19N3O4S/c1-23-14-7-6-11(16(24-2)17(14)25-3)9-15(22)21-18-20-13(10-26-18)12-5-4-8-19-12/h4-8,10,19H,9H2,1-3H3,(H,20,21,22). The number of nitrogens with one attached hydrogen (secondary N) is 2. The van der Waals surface area contributed by atoms with Crippen molar-refractivity contribution >= 4 is 22.4 Å². The Bertz CT molecular complexity index is 890. The third kappa shape index (κ3) is 3.65. The molecule has 1 aromatic carbocycles. The lowest BCUT2D eigenvalue weighted by Crippen LogP contribution is -2.15. The van der Waals surface area contributed by atoms with Crippen molar-refractivity contribution in [2.24, 2.45) is 0 Å². The number of hydrogen-bond donors (Lipinski definition) is 2. The summed E-state index contributed by atoms with van der Waals surface area (Å²) in [6.45, 7) is 0. The third-order valence-electron chi connectivity index (χ3n) is 3.76. The molecule has 3 rings (SSSR count). The van der Waals surface area contributed by atoms with Crippen molar-refractivity contribution in [2.45, 2.75) is 6.42 Å². The van der Waals surface area contributed by atoms with Gasteiger partial charge < -0.3 is 24.5 Å². The molecule has 2 aromatic heterocycles. The Morgan fingerprint density at radius 2 is 1.96 bits per heavy atom. The van der Waals surface area contributed by atoms with Crippen molar-refractivity contribution in [3.05, 3.63) is 41.4 Å². The molecule has 0 saturated heterocycles. The van der Waals surface area contributed by atoms with E-state index in [0.717, 1.165) is 11.4 Å². The molecule has 0 aliphatic carbocycles. The molecule has 1 amide bonds. The van der Waals surface area contributed by atoms with Crippen LogP contribution >= 0.6 is 11.3 Å². The number of anilines is 1. The number of nitrogens with zero attached hydrogens (tertiary/aromatic N) is 1. The molecule has 0 bridgehead atoms. The average molecular weight is 373 g/mol. The predicted octanol–water partition coefficient (Wildman–Crippen LogP) is 3.35. The lowest BCUT2D eigenvalue weighted by atomic mass is 10.1. The molecule has 0 aliphatic heterocycles. The summed E-state index contributed by atoms with van der Waals surface area (Å²) in [6, 6.07) is 7.36. The first kappa shape index (κ1) is 17.8. The zero-order valence-electron chi connectivity index (χ0n) is 14.7. The number of aromatic amines is 1. The Morgan fingerprint density at radius 3 is 2.62 bits per heavy atom. The van der Waals surface area contributed by atoms with Crippen molar-refractivity contribution in [3.8, 4) is 28.6 Å². The van der Waals surface area contributed by atoms with Gasteiger partial charge in [-0.15, -0.1) is 11.3 Å². The van der Waals surface area contributed by atoms with Gasteiger partial charge in [0.15, 0.2) is 16.6 Å². The summed E-state index contributed by atoms with van der Waals surface area (Å²) in [7, 11) is 4.61. The first-order chi connectivity index (χ1) is 12.7. The number of thiazole rings is 1. The van der Waals surface area contributed by atoms with Gasteiger partial charge in [-0.3, -0.25) is 4.79 Å². The van der Waals surface area contributed by atoms with Crippen LogP contribution in [0.5, 0.6) is 17.2 Å². The minimum absolute atomic E-state index is 0.126. The summed E-state index contributed by atoms with van der Waals surface area (Å²) in [5.74, 6) is 1.30. The maximum Gasteiger partial charge on any atom is 0.230 e. The fraction of sp³-hybridized carbons (Fsp3) is 0.222. The number of aromatic nitrogens is 2. The van der Waals surface area contributed by atoms with Gasteiger partial charge in [0.25, 0.3) is 0 Å². The quantitative estimate of drug-likeness (QED) is 0.663. The zero-order chi connectivity index (χ0) is 18.5. The van der Waals surface area contributed by atoms with E-state index < -0.39 is 0 Å². The van der Waals surface area contributed by atoms with E-state index in [-0.39, 0.29) is 12.3 Å². The third-order valence-corrected chi connectivity index (χ3v) is 4.52. The van der Waals surface area contributed by atoms with Gasteiger partial charge in [-0.05, 0) is 18.2 Å². The van der Waals surface area contributed by atoms with Crippen LogP contribution in [0.25, 0.3) is 11.4 Å². The highest BCUT2D eigenvalue weighted by molar-refractivity contribution is 7.14. The number of methoxy groups -OCH3 is 3. The molecule has 0 atom stereocenters. The van der Waals surface area contributed by atoms with E-state index in [9.17, 15) is 4.79 Å². The van der Waals surface area contributed by atoms with Crippen LogP contribution in [0.2, 0.25) is 0 Å². The number of ether oxygens (including phenoxy) is 3. The summed E-state index contributed by atoms with van der Waals surface area (Å²) in [4.78, 5) is 19.9. The van der Waals surface area contributed by atoms with Crippen molar-refractivity contribution in [3.63, 3.8) is 0 Å². The van der Waals surface area contributed by atoms with Gasteiger partial charge >= 0.3 is 0 Å². The lowest BCUT2D eigenvalue weighted by molar-refractivity contribution is -0.115.